The summed E-state index contributed by atoms with van der Waals surface area (Å²) in [6.45, 7) is 3.14. The monoisotopic (exact) mass is 358 g/mol. The van der Waals surface area contributed by atoms with Crippen LogP contribution >= 0.6 is 11.8 Å². The van der Waals surface area contributed by atoms with Gasteiger partial charge in [0.2, 0.25) is 0 Å². The maximum absolute atomic E-state index is 14.9. The molecule has 1 aromatic heterocycles. The Balaban J connectivity index is 1.88. The van der Waals surface area contributed by atoms with E-state index in [1.807, 2.05) is 6.07 Å². The zero-order chi connectivity index (χ0) is 17.4. The van der Waals surface area contributed by atoms with Gasteiger partial charge in [0.1, 0.15) is 17.7 Å². The molecule has 7 heteroatoms. The summed E-state index contributed by atoms with van der Waals surface area (Å²) >= 11 is 1.56. The molecule has 1 aromatic carbocycles. The van der Waals surface area contributed by atoms with Gasteiger partial charge < -0.3 is 10.5 Å². The van der Waals surface area contributed by atoms with Gasteiger partial charge in [-0.15, -0.1) is 0 Å². The number of rotatable bonds is 2. The Morgan fingerprint density at radius 3 is 2.88 bits per heavy atom. The number of aromatic nitrogens is 2. The Morgan fingerprint density at radius 1 is 1.28 bits per heavy atom. The minimum atomic E-state index is -0.775. The van der Waals surface area contributed by atoms with Gasteiger partial charge in [-0.3, -0.25) is 0 Å². The fourth-order valence-corrected chi connectivity index (χ4v) is 4.96. The van der Waals surface area contributed by atoms with Gasteiger partial charge in [-0.2, -0.15) is 0 Å². The van der Waals surface area contributed by atoms with E-state index in [4.69, 9.17) is 15.5 Å². The topological polar surface area (TPSA) is 73.4 Å². The summed E-state index contributed by atoms with van der Waals surface area (Å²) in [5.41, 5.74) is 7.52. The first-order valence-electron chi connectivity index (χ1n) is 8.25. The quantitative estimate of drug-likeness (QED) is 0.893. The van der Waals surface area contributed by atoms with Crippen LogP contribution in [0, 0.1) is 11.7 Å². The number of ether oxygens (including phenoxy) is 1. The average Bonchev–Trinajstić information content (AvgIpc) is 2.62. The molecule has 130 valence electrons. The number of hydrogen-bond donors (Lipinski definition) is 1. The molecule has 0 spiro atoms. The molecule has 0 radical (unpaired) electrons. The Bertz CT molecular complexity index is 816. The molecular formula is C18H19FN4OS. The summed E-state index contributed by atoms with van der Waals surface area (Å²) in [7, 11) is 0. The van der Waals surface area contributed by atoms with Crippen LogP contribution < -0.4 is 5.73 Å². The van der Waals surface area contributed by atoms with Crippen molar-refractivity contribution in [1.82, 2.24) is 9.97 Å². The molecule has 3 atom stereocenters. The highest BCUT2D eigenvalue weighted by Crippen LogP contribution is 2.48. The first-order valence-corrected chi connectivity index (χ1v) is 9.13. The number of benzene rings is 1. The fourth-order valence-electron chi connectivity index (χ4n) is 3.84. The summed E-state index contributed by atoms with van der Waals surface area (Å²) in [6.07, 6.45) is 5.74. The number of amidine groups is 1. The van der Waals surface area contributed by atoms with Crippen LogP contribution in [0.4, 0.5) is 4.39 Å². The van der Waals surface area contributed by atoms with Crippen LogP contribution in [0.15, 0.2) is 41.9 Å². The molecule has 2 aliphatic rings. The number of nitrogens with two attached hydrogens (primary N) is 1. The van der Waals surface area contributed by atoms with Crippen LogP contribution in [0.1, 0.15) is 18.9 Å². The Kier molecular flexibility index (Phi) is 4.21. The van der Waals surface area contributed by atoms with Crippen LogP contribution in [0.2, 0.25) is 0 Å². The van der Waals surface area contributed by atoms with Gasteiger partial charge in [0.05, 0.1) is 6.61 Å². The predicted molar refractivity (Wildman–Crippen MR) is 96.7 cm³/mol. The van der Waals surface area contributed by atoms with Crippen molar-refractivity contribution in [1.29, 1.82) is 0 Å². The molecule has 4 rings (SSSR count). The first-order chi connectivity index (χ1) is 12.1. The van der Waals surface area contributed by atoms with Gasteiger partial charge in [0.15, 0.2) is 5.17 Å². The normalized spacial score (nSPS) is 29.0. The van der Waals surface area contributed by atoms with Gasteiger partial charge >= 0.3 is 0 Å². The van der Waals surface area contributed by atoms with E-state index in [1.165, 1.54) is 12.4 Å². The van der Waals surface area contributed by atoms with Crippen molar-refractivity contribution in [2.45, 2.75) is 24.1 Å². The number of thioether (sulfide) groups is 1. The molecule has 0 bridgehead atoms. The lowest BCUT2D eigenvalue weighted by atomic mass is 9.73. The summed E-state index contributed by atoms with van der Waals surface area (Å²) < 4.78 is 20.6. The Labute approximate surface area is 149 Å². The second-order valence-corrected chi connectivity index (χ2v) is 7.86. The van der Waals surface area contributed by atoms with Crippen molar-refractivity contribution in [2.75, 3.05) is 13.2 Å². The molecule has 1 fully saturated rings. The van der Waals surface area contributed by atoms with Crippen LogP contribution in [-0.2, 0) is 10.3 Å². The van der Waals surface area contributed by atoms with E-state index < -0.39 is 5.54 Å². The van der Waals surface area contributed by atoms with Gasteiger partial charge in [-0.25, -0.2) is 19.4 Å². The van der Waals surface area contributed by atoms with Gasteiger partial charge in [-0.05, 0) is 24.1 Å². The Hall–Kier alpha value is -1.99. The van der Waals surface area contributed by atoms with Crippen LogP contribution in [0.3, 0.4) is 0 Å². The lowest BCUT2D eigenvalue weighted by Gasteiger charge is -2.46. The number of aliphatic imine (C=N–C) groups is 1. The SMILES string of the molecule is CC1SC(N)=NC2(c3cc(-c4cncnc4)ccc3F)COCCC12. The van der Waals surface area contributed by atoms with E-state index in [-0.39, 0.29) is 17.0 Å². The minimum absolute atomic E-state index is 0.176. The van der Waals surface area contributed by atoms with Crippen LogP contribution in [-0.4, -0.2) is 33.6 Å². The number of fused-ring (bicyclic) bond motifs is 1. The molecule has 25 heavy (non-hydrogen) atoms. The maximum atomic E-state index is 14.9. The second-order valence-electron chi connectivity index (χ2n) is 6.47. The van der Waals surface area contributed by atoms with Crippen LogP contribution in [0.5, 0.6) is 0 Å². The van der Waals surface area contributed by atoms with Crippen LogP contribution in [0.25, 0.3) is 11.1 Å². The highest BCUT2D eigenvalue weighted by molar-refractivity contribution is 8.14. The number of halogens is 1. The maximum Gasteiger partial charge on any atom is 0.155 e. The molecule has 3 unspecified atom stereocenters. The van der Waals surface area contributed by atoms with Gasteiger partial charge in [-0.1, -0.05) is 24.8 Å². The lowest BCUT2D eigenvalue weighted by Crippen LogP contribution is -2.50. The van der Waals surface area contributed by atoms with Gasteiger partial charge in [0.25, 0.3) is 0 Å². The highest BCUT2D eigenvalue weighted by atomic mass is 32.2. The molecular weight excluding hydrogens is 339 g/mol. The van der Waals surface area contributed by atoms with E-state index in [1.54, 1.807) is 30.2 Å². The fraction of sp³-hybridized carbons (Fsp3) is 0.389. The summed E-state index contributed by atoms with van der Waals surface area (Å²) in [5.74, 6) is -0.109. The second kappa shape index (κ2) is 6.38. The zero-order valence-corrected chi connectivity index (χ0v) is 14.7. The van der Waals surface area contributed by atoms with E-state index >= 15 is 0 Å². The van der Waals surface area contributed by atoms with E-state index in [9.17, 15) is 4.39 Å². The standard InChI is InChI=1S/C18H19FN4OS/c1-11-14-4-5-24-9-18(14,23-17(20)25-11)15-6-12(2-3-16(15)19)13-7-21-10-22-8-13/h2-3,6-8,10-11,14H,4-5,9H2,1H3,(H2,20,23). The van der Waals surface area contributed by atoms with Crippen molar-refractivity contribution in [2.24, 2.45) is 16.6 Å². The summed E-state index contributed by atoms with van der Waals surface area (Å²) in [6, 6.07) is 5.06. The van der Waals surface area contributed by atoms with Crippen molar-refractivity contribution < 1.29 is 9.13 Å². The van der Waals surface area contributed by atoms with E-state index in [0.29, 0.717) is 23.9 Å². The molecule has 5 nitrogen and oxygen atoms in total. The van der Waals surface area contributed by atoms with E-state index in [2.05, 4.69) is 16.9 Å². The molecule has 2 aromatic rings. The molecule has 0 saturated carbocycles. The number of nitrogens with zero attached hydrogens (tertiary/aromatic N) is 3. The van der Waals surface area contributed by atoms with Crippen molar-refractivity contribution in [3.63, 3.8) is 0 Å². The molecule has 3 heterocycles. The Morgan fingerprint density at radius 2 is 2.08 bits per heavy atom. The third-order valence-corrected chi connectivity index (χ3v) is 6.05. The first kappa shape index (κ1) is 16.5. The molecule has 0 amide bonds. The third-order valence-electron chi connectivity index (χ3n) is 5.02. The molecule has 2 aliphatic heterocycles. The van der Waals surface area contributed by atoms with Crippen molar-refractivity contribution >= 4 is 16.9 Å². The van der Waals surface area contributed by atoms with E-state index in [0.717, 1.165) is 17.5 Å². The van der Waals surface area contributed by atoms with Crippen molar-refractivity contribution in [3.8, 4) is 11.1 Å². The molecule has 2 N–H and O–H groups in total. The highest BCUT2D eigenvalue weighted by Gasteiger charge is 2.50. The summed E-state index contributed by atoms with van der Waals surface area (Å²) in [4.78, 5) is 12.8. The zero-order valence-electron chi connectivity index (χ0n) is 13.9. The predicted octanol–water partition coefficient (Wildman–Crippen LogP) is 2.96. The summed E-state index contributed by atoms with van der Waals surface area (Å²) in [5, 5.41) is 0.742. The lowest BCUT2D eigenvalue weighted by molar-refractivity contribution is -0.00418. The number of hydrogen-bond acceptors (Lipinski definition) is 6. The molecule has 0 aliphatic carbocycles. The molecule has 1 saturated heterocycles. The van der Waals surface area contributed by atoms with Crippen molar-refractivity contribution in [3.05, 3.63) is 48.3 Å². The average molecular weight is 358 g/mol. The van der Waals surface area contributed by atoms with Gasteiger partial charge in [0, 0.05) is 41.3 Å². The third kappa shape index (κ3) is 2.81. The smallest absolute Gasteiger partial charge is 0.155 e. The largest absolute Gasteiger partial charge is 0.379 e. The minimum Gasteiger partial charge on any atom is -0.379 e.